The largest absolute Gasteiger partial charge is 0.489 e. The second kappa shape index (κ2) is 11.3. The van der Waals surface area contributed by atoms with Gasteiger partial charge in [-0.15, -0.1) is 0 Å². The molecule has 1 saturated carbocycles. The first-order valence-electron chi connectivity index (χ1n) is 11.2. The maximum atomic E-state index is 13.2. The number of nitrogens with one attached hydrogen (secondary N) is 1. The topological polar surface area (TPSA) is 73.3 Å². The summed E-state index contributed by atoms with van der Waals surface area (Å²) in [5, 5.41) is 3.44. The van der Waals surface area contributed by atoms with E-state index in [0.717, 1.165) is 36.8 Å². The monoisotopic (exact) mass is 465 g/mol. The minimum absolute atomic E-state index is 0.00752. The van der Waals surface area contributed by atoms with Crippen molar-refractivity contribution in [2.45, 2.75) is 44.4 Å². The Kier molecular flexibility index (Phi) is 7.92. The number of nitrogens with zero attached hydrogens (tertiary/aromatic N) is 2. The van der Waals surface area contributed by atoms with E-state index in [0.29, 0.717) is 18.1 Å². The minimum Gasteiger partial charge on any atom is -0.489 e. The smallest absolute Gasteiger partial charge is 0.223 e. The fraction of sp³-hybridized carbons (Fsp3) is 0.346. The summed E-state index contributed by atoms with van der Waals surface area (Å²) in [7, 11) is 1.73. The van der Waals surface area contributed by atoms with Gasteiger partial charge in [-0.3, -0.25) is 9.78 Å². The Balaban J connectivity index is 1.54. The Labute approximate surface area is 199 Å². The number of benzene rings is 2. The highest BCUT2D eigenvalue weighted by Gasteiger charge is 2.29. The van der Waals surface area contributed by atoms with Crippen molar-refractivity contribution in [3.63, 3.8) is 0 Å². The van der Waals surface area contributed by atoms with Crippen molar-refractivity contribution in [1.82, 2.24) is 15.3 Å². The normalized spacial score (nSPS) is 19.0. The summed E-state index contributed by atoms with van der Waals surface area (Å²) in [5.74, 6) is 0.634. The van der Waals surface area contributed by atoms with Crippen LogP contribution in [0.25, 0.3) is 0 Å². The van der Waals surface area contributed by atoms with E-state index >= 15 is 0 Å². The van der Waals surface area contributed by atoms with Crippen LogP contribution < -0.4 is 10.1 Å². The zero-order valence-electron chi connectivity index (χ0n) is 18.6. The van der Waals surface area contributed by atoms with Crippen LogP contribution in [0.5, 0.6) is 5.75 Å². The number of carbonyl (C=O) groups excluding carboxylic acids is 1. The maximum absolute atomic E-state index is 13.2. The Morgan fingerprint density at radius 2 is 1.82 bits per heavy atom. The van der Waals surface area contributed by atoms with E-state index in [2.05, 4.69) is 15.3 Å². The molecule has 172 valence electrons. The highest BCUT2D eigenvalue weighted by molar-refractivity contribution is 6.30. The molecular weight excluding hydrogens is 438 g/mol. The Bertz CT molecular complexity index is 1060. The van der Waals surface area contributed by atoms with Crippen molar-refractivity contribution in [2.24, 2.45) is 5.92 Å². The predicted octanol–water partition coefficient (Wildman–Crippen LogP) is 5.12. The summed E-state index contributed by atoms with van der Waals surface area (Å²) >= 11 is 6.38. The van der Waals surface area contributed by atoms with Gasteiger partial charge in [-0.25, -0.2) is 4.98 Å². The molecule has 4 rings (SSSR count). The van der Waals surface area contributed by atoms with Crippen LogP contribution >= 0.6 is 11.6 Å². The molecule has 33 heavy (non-hydrogen) atoms. The number of carbonyl (C=O) groups is 1. The van der Waals surface area contributed by atoms with Gasteiger partial charge in [0, 0.05) is 25.4 Å². The van der Waals surface area contributed by atoms with E-state index in [1.807, 2.05) is 54.6 Å². The number of halogens is 1. The molecule has 0 aliphatic heterocycles. The fourth-order valence-corrected chi connectivity index (χ4v) is 4.39. The molecule has 1 aliphatic rings. The van der Waals surface area contributed by atoms with Crippen LogP contribution in [0.2, 0.25) is 5.15 Å². The average Bonchev–Trinajstić information content (AvgIpc) is 2.87. The van der Waals surface area contributed by atoms with Gasteiger partial charge < -0.3 is 14.8 Å². The lowest BCUT2D eigenvalue weighted by molar-refractivity contribution is -0.127. The Morgan fingerprint density at radius 1 is 1.06 bits per heavy atom. The minimum atomic E-state index is -0.529. The third-order valence-electron chi connectivity index (χ3n) is 6.06. The molecule has 1 aromatic heterocycles. The van der Waals surface area contributed by atoms with E-state index in [9.17, 15) is 4.79 Å². The quantitative estimate of drug-likeness (QED) is 0.499. The molecule has 1 aliphatic carbocycles. The summed E-state index contributed by atoms with van der Waals surface area (Å²) in [6, 6.07) is 17.1. The molecule has 0 bridgehead atoms. The number of aromatic nitrogens is 2. The lowest BCUT2D eigenvalue weighted by Crippen LogP contribution is -2.37. The van der Waals surface area contributed by atoms with Gasteiger partial charge >= 0.3 is 0 Å². The van der Waals surface area contributed by atoms with Crippen LogP contribution in [0.4, 0.5) is 0 Å². The van der Waals surface area contributed by atoms with Gasteiger partial charge in [-0.05, 0) is 48.9 Å². The van der Waals surface area contributed by atoms with E-state index < -0.39 is 6.04 Å². The zero-order valence-corrected chi connectivity index (χ0v) is 19.4. The number of methoxy groups -OCH3 is 1. The molecule has 0 radical (unpaired) electrons. The number of hydrogen-bond acceptors (Lipinski definition) is 5. The van der Waals surface area contributed by atoms with Crippen LogP contribution in [0.3, 0.4) is 0 Å². The lowest BCUT2D eigenvalue weighted by Gasteiger charge is -2.28. The molecular formula is C26H28ClN3O3. The molecule has 0 spiro atoms. The van der Waals surface area contributed by atoms with E-state index in [1.165, 1.54) is 6.20 Å². The van der Waals surface area contributed by atoms with Gasteiger partial charge in [-0.1, -0.05) is 54.1 Å². The lowest BCUT2D eigenvalue weighted by atomic mass is 9.86. The molecule has 1 unspecified atom stereocenters. The standard InChI is InChI=1S/C26H28ClN3O3/c1-32-21-12-10-19(11-13-21)26(31)30-23(24-25(27)29-15-14-28-24)20-8-5-9-22(16-20)33-17-18-6-3-2-4-7-18/h2-9,14-16,19,21,23H,10-13,17H2,1H3,(H,30,31). The summed E-state index contributed by atoms with van der Waals surface area (Å²) in [5.41, 5.74) is 2.43. The maximum Gasteiger partial charge on any atom is 0.223 e. The fourth-order valence-electron chi connectivity index (χ4n) is 4.18. The van der Waals surface area contributed by atoms with Crippen LogP contribution in [-0.4, -0.2) is 29.1 Å². The molecule has 1 N–H and O–H groups in total. The first-order valence-corrected chi connectivity index (χ1v) is 11.6. The summed E-state index contributed by atoms with van der Waals surface area (Å²) in [6.45, 7) is 0.454. The molecule has 0 saturated heterocycles. The van der Waals surface area contributed by atoms with Gasteiger partial charge in [0.05, 0.1) is 12.1 Å². The van der Waals surface area contributed by atoms with Gasteiger partial charge in [0.1, 0.15) is 18.1 Å². The number of rotatable bonds is 8. The zero-order chi connectivity index (χ0) is 23.0. The molecule has 1 fully saturated rings. The van der Waals surface area contributed by atoms with Crippen molar-refractivity contribution < 1.29 is 14.3 Å². The van der Waals surface area contributed by atoms with Crippen molar-refractivity contribution in [3.8, 4) is 5.75 Å². The summed E-state index contributed by atoms with van der Waals surface area (Å²) < 4.78 is 11.4. The second-order valence-electron chi connectivity index (χ2n) is 8.23. The van der Waals surface area contributed by atoms with Gasteiger partial charge in [0.25, 0.3) is 0 Å². The third kappa shape index (κ3) is 6.09. The van der Waals surface area contributed by atoms with Crippen LogP contribution in [0, 0.1) is 5.92 Å². The molecule has 6 nitrogen and oxygen atoms in total. The van der Waals surface area contributed by atoms with Gasteiger partial charge in [0.2, 0.25) is 5.91 Å². The summed E-state index contributed by atoms with van der Waals surface area (Å²) in [4.78, 5) is 21.8. The van der Waals surface area contributed by atoms with Crippen molar-refractivity contribution >= 4 is 17.5 Å². The van der Waals surface area contributed by atoms with Crippen LogP contribution in [0.15, 0.2) is 67.0 Å². The van der Waals surface area contributed by atoms with Gasteiger partial charge in [-0.2, -0.15) is 0 Å². The SMILES string of the molecule is COC1CCC(C(=O)NC(c2cccc(OCc3ccccc3)c2)c2nccnc2Cl)CC1. The molecule has 1 atom stereocenters. The molecule has 3 aromatic rings. The van der Waals surface area contributed by atoms with Crippen molar-refractivity contribution in [1.29, 1.82) is 0 Å². The van der Waals surface area contributed by atoms with Crippen LogP contribution in [-0.2, 0) is 16.1 Å². The number of amides is 1. The third-order valence-corrected chi connectivity index (χ3v) is 6.35. The van der Waals surface area contributed by atoms with E-state index in [1.54, 1.807) is 13.3 Å². The first kappa shape index (κ1) is 23.2. The van der Waals surface area contributed by atoms with Crippen LogP contribution in [0.1, 0.15) is 48.5 Å². The molecule has 7 heteroatoms. The molecule has 2 aromatic carbocycles. The molecule has 1 heterocycles. The average molecular weight is 466 g/mol. The highest BCUT2D eigenvalue weighted by Crippen LogP contribution is 2.31. The second-order valence-corrected chi connectivity index (χ2v) is 8.59. The summed E-state index contributed by atoms with van der Waals surface area (Å²) in [6.07, 6.45) is 6.72. The predicted molar refractivity (Wildman–Crippen MR) is 127 cm³/mol. The van der Waals surface area contributed by atoms with E-state index in [-0.39, 0.29) is 23.1 Å². The number of hydrogen-bond donors (Lipinski definition) is 1. The first-order chi connectivity index (χ1) is 16.1. The van der Waals surface area contributed by atoms with E-state index in [4.69, 9.17) is 21.1 Å². The Hall–Kier alpha value is -2.96. The van der Waals surface area contributed by atoms with Crippen molar-refractivity contribution in [3.05, 3.63) is 89.0 Å². The highest BCUT2D eigenvalue weighted by atomic mass is 35.5. The van der Waals surface area contributed by atoms with Gasteiger partial charge in [0.15, 0.2) is 5.15 Å². The molecule has 1 amide bonds. The number of ether oxygens (including phenoxy) is 2. The van der Waals surface area contributed by atoms with Crippen molar-refractivity contribution in [2.75, 3.05) is 7.11 Å². The Morgan fingerprint density at radius 3 is 2.55 bits per heavy atom.